The predicted octanol–water partition coefficient (Wildman–Crippen LogP) is 1.51. The Morgan fingerprint density at radius 2 is 2.18 bits per heavy atom. The zero-order valence-corrected chi connectivity index (χ0v) is 12.1. The van der Waals surface area contributed by atoms with Crippen molar-refractivity contribution >= 4 is 27.7 Å². The number of anilines is 1. The molecule has 1 amide bonds. The smallest absolute Gasteiger partial charge is 0.239 e. The van der Waals surface area contributed by atoms with Crippen molar-refractivity contribution in [3.8, 4) is 0 Å². The fourth-order valence-electron chi connectivity index (χ4n) is 1.38. The largest absolute Gasteiger partial charge is 0.352 e. The van der Waals surface area contributed by atoms with Crippen molar-refractivity contribution in [2.24, 2.45) is 0 Å². The van der Waals surface area contributed by atoms with E-state index in [-0.39, 0.29) is 18.5 Å². The lowest BCUT2D eigenvalue weighted by Gasteiger charge is -2.19. The van der Waals surface area contributed by atoms with Crippen molar-refractivity contribution in [3.05, 3.63) is 16.5 Å². The summed E-state index contributed by atoms with van der Waals surface area (Å²) in [4.78, 5) is 21.8. The molecular weight excluding hydrogens is 284 g/mol. The molecule has 6 heteroatoms. The van der Waals surface area contributed by atoms with E-state index in [0.717, 1.165) is 10.4 Å². The minimum atomic E-state index is -0.0186. The highest BCUT2D eigenvalue weighted by Crippen LogP contribution is 2.14. The second-order valence-corrected chi connectivity index (χ2v) is 4.99. The highest BCUT2D eigenvalue weighted by atomic mass is 79.9. The zero-order valence-electron chi connectivity index (χ0n) is 10.5. The highest BCUT2D eigenvalue weighted by Gasteiger charge is 2.10. The van der Waals surface area contributed by atoms with Gasteiger partial charge < -0.3 is 10.2 Å². The van der Waals surface area contributed by atoms with Crippen LogP contribution in [-0.2, 0) is 4.79 Å². The zero-order chi connectivity index (χ0) is 13.0. The molecule has 0 bridgehead atoms. The maximum Gasteiger partial charge on any atom is 0.239 e. The lowest BCUT2D eigenvalue weighted by atomic mass is 10.4. The van der Waals surface area contributed by atoms with Crippen molar-refractivity contribution in [2.45, 2.75) is 26.8 Å². The topological polar surface area (TPSA) is 58.1 Å². The van der Waals surface area contributed by atoms with E-state index < -0.39 is 0 Å². The average Bonchev–Trinajstić information content (AvgIpc) is 2.14. The molecular formula is C11H17BrN4O. The first kappa shape index (κ1) is 13.9. The Morgan fingerprint density at radius 1 is 1.53 bits per heavy atom. The molecule has 94 valence electrons. The molecule has 1 aromatic rings. The van der Waals surface area contributed by atoms with Gasteiger partial charge in [-0.1, -0.05) is 0 Å². The van der Waals surface area contributed by atoms with Crippen LogP contribution in [0.5, 0.6) is 0 Å². The maximum atomic E-state index is 11.6. The van der Waals surface area contributed by atoms with Crippen molar-refractivity contribution in [2.75, 3.05) is 18.5 Å². The summed E-state index contributed by atoms with van der Waals surface area (Å²) >= 11 is 3.31. The third-order valence-electron chi connectivity index (χ3n) is 2.01. The Kier molecular flexibility index (Phi) is 4.86. The van der Waals surface area contributed by atoms with Crippen LogP contribution in [0.25, 0.3) is 0 Å². The van der Waals surface area contributed by atoms with Crippen molar-refractivity contribution in [1.29, 1.82) is 0 Å². The summed E-state index contributed by atoms with van der Waals surface area (Å²) in [6.45, 7) is 5.96. The van der Waals surface area contributed by atoms with Crippen LogP contribution in [0.15, 0.2) is 10.7 Å². The lowest BCUT2D eigenvalue weighted by Crippen LogP contribution is -2.38. The van der Waals surface area contributed by atoms with Gasteiger partial charge in [-0.15, -0.1) is 0 Å². The summed E-state index contributed by atoms with van der Waals surface area (Å²) in [6, 6.07) is 1.94. The molecule has 0 aromatic carbocycles. The quantitative estimate of drug-likeness (QED) is 0.857. The van der Waals surface area contributed by atoms with Gasteiger partial charge >= 0.3 is 0 Å². The molecule has 1 N–H and O–H groups in total. The fourth-order valence-corrected chi connectivity index (χ4v) is 1.84. The minimum absolute atomic E-state index is 0.0186. The fraction of sp³-hybridized carbons (Fsp3) is 0.545. The van der Waals surface area contributed by atoms with Crippen LogP contribution >= 0.6 is 15.9 Å². The normalized spacial score (nSPS) is 10.5. The van der Waals surface area contributed by atoms with E-state index in [1.165, 1.54) is 0 Å². The minimum Gasteiger partial charge on any atom is -0.352 e. The van der Waals surface area contributed by atoms with Gasteiger partial charge in [0.2, 0.25) is 5.91 Å². The second kappa shape index (κ2) is 5.95. The molecule has 0 unspecified atom stereocenters. The number of rotatable bonds is 4. The van der Waals surface area contributed by atoms with Gasteiger partial charge in [-0.25, -0.2) is 9.97 Å². The number of carbonyl (C=O) groups is 1. The van der Waals surface area contributed by atoms with Crippen LogP contribution in [-0.4, -0.2) is 35.5 Å². The Balaban J connectivity index is 2.69. The van der Waals surface area contributed by atoms with E-state index in [9.17, 15) is 4.79 Å². The first-order valence-corrected chi connectivity index (χ1v) is 6.19. The standard InChI is InChI=1S/C11H17BrN4O/c1-7(2)13-11(17)6-16(4)10-5-9(12)14-8(3)15-10/h5,7H,6H2,1-4H3,(H,13,17). The van der Waals surface area contributed by atoms with E-state index in [1.807, 2.05) is 27.8 Å². The summed E-state index contributed by atoms with van der Waals surface area (Å²) in [5.41, 5.74) is 0. The van der Waals surface area contributed by atoms with Gasteiger partial charge in [0.15, 0.2) is 0 Å². The Bertz CT molecular complexity index is 388. The van der Waals surface area contributed by atoms with Crippen LogP contribution in [0.2, 0.25) is 0 Å². The number of nitrogens with zero attached hydrogens (tertiary/aromatic N) is 3. The Morgan fingerprint density at radius 3 is 2.71 bits per heavy atom. The van der Waals surface area contributed by atoms with Crippen LogP contribution in [0, 0.1) is 6.92 Å². The van der Waals surface area contributed by atoms with Crippen molar-refractivity contribution < 1.29 is 4.79 Å². The molecule has 0 radical (unpaired) electrons. The Hall–Kier alpha value is -1.17. The number of aryl methyl sites for hydroxylation is 1. The Labute approximate surface area is 110 Å². The van der Waals surface area contributed by atoms with Gasteiger partial charge in [0.1, 0.15) is 16.2 Å². The van der Waals surface area contributed by atoms with Crippen molar-refractivity contribution in [1.82, 2.24) is 15.3 Å². The van der Waals surface area contributed by atoms with E-state index in [4.69, 9.17) is 0 Å². The van der Waals surface area contributed by atoms with Gasteiger partial charge in [-0.2, -0.15) is 0 Å². The predicted molar refractivity (Wildman–Crippen MR) is 71.0 cm³/mol. The summed E-state index contributed by atoms with van der Waals surface area (Å²) < 4.78 is 0.719. The monoisotopic (exact) mass is 300 g/mol. The summed E-state index contributed by atoms with van der Waals surface area (Å²) in [6.07, 6.45) is 0. The SMILES string of the molecule is Cc1nc(Br)cc(N(C)CC(=O)NC(C)C)n1. The lowest BCUT2D eigenvalue weighted by molar-refractivity contribution is -0.120. The van der Waals surface area contributed by atoms with E-state index in [0.29, 0.717) is 5.82 Å². The molecule has 0 saturated carbocycles. The van der Waals surface area contributed by atoms with Gasteiger partial charge in [0.25, 0.3) is 0 Å². The number of aromatic nitrogens is 2. The summed E-state index contributed by atoms with van der Waals surface area (Å²) in [5, 5.41) is 2.84. The number of halogens is 1. The van der Waals surface area contributed by atoms with Crippen LogP contribution in [0.4, 0.5) is 5.82 Å². The third-order valence-corrected chi connectivity index (χ3v) is 2.42. The van der Waals surface area contributed by atoms with E-state index in [2.05, 4.69) is 31.2 Å². The molecule has 1 heterocycles. The molecule has 5 nitrogen and oxygen atoms in total. The number of nitrogens with one attached hydrogen (secondary N) is 1. The first-order valence-electron chi connectivity index (χ1n) is 5.40. The van der Waals surface area contributed by atoms with Crippen LogP contribution in [0.1, 0.15) is 19.7 Å². The third kappa shape index (κ3) is 4.68. The summed E-state index contributed by atoms with van der Waals surface area (Å²) in [5.74, 6) is 1.38. The number of hydrogen-bond acceptors (Lipinski definition) is 4. The number of likely N-dealkylation sites (N-methyl/N-ethyl adjacent to an activating group) is 1. The highest BCUT2D eigenvalue weighted by molar-refractivity contribution is 9.10. The van der Waals surface area contributed by atoms with E-state index in [1.54, 1.807) is 11.0 Å². The summed E-state index contributed by atoms with van der Waals surface area (Å²) in [7, 11) is 1.83. The molecule has 0 atom stereocenters. The number of amides is 1. The second-order valence-electron chi connectivity index (χ2n) is 4.17. The molecule has 1 aromatic heterocycles. The average molecular weight is 301 g/mol. The number of hydrogen-bond donors (Lipinski definition) is 1. The van der Waals surface area contributed by atoms with Gasteiger partial charge in [0, 0.05) is 19.2 Å². The molecule has 0 aliphatic carbocycles. The van der Waals surface area contributed by atoms with Gasteiger partial charge in [-0.05, 0) is 36.7 Å². The molecule has 0 fully saturated rings. The van der Waals surface area contributed by atoms with Crippen LogP contribution in [0.3, 0.4) is 0 Å². The molecule has 17 heavy (non-hydrogen) atoms. The van der Waals surface area contributed by atoms with Gasteiger partial charge in [-0.3, -0.25) is 4.79 Å². The number of carbonyl (C=O) groups excluding carboxylic acids is 1. The molecule has 1 rings (SSSR count). The van der Waals surface area contributed by atoms with Crippen molar-refractivity contribution in [3.63, 3.8) is 0 Å². The van der Waals surface area contributed by atoms with Crippen LogP contribution < -0.4 is 10.2 Å². The molecule has 0 aliphatic rings. The first-order chi connectivity index (χ1) is 7.88. The van der Waals surface area contributed by atoms with Gasteiger partial charge in [0.05, 0.1) is 6.54 Å². The molecule has 0 saturated heterocycles. The molecule has 0 aliphatic heterocycles. The molecule has 0 spiro atoms. The van der Waals surface area contributed by atoms with E-state index >= 15 is 0 Å². The maximum absolute atomic E-state index is 11.6.